The second-order valence-corrected chi connectivity index (χ2v) is 7.34. The minimum atomic E-state index is -0.136. The number of rotatable bonds is 7. The zero-order valence-corrected chi connectivity index (χ0v) is 16.1. The first-order valence-electron chi connectivity index (χ1n) is 8.35. The van der Waals surface area contributed by atoms with E-state index in [0.29, 0.717) is 17.4 Å². The highest BCUT2D eigenvalue weighted by molar-refractivity contribution is 7.98. The highest BCUT2D eigenvalue weighted by Gasteiger charge is 2.07. The lowest BCUT2D eigenvalue weighted by molar-refractivity contribution is -0.116. The van der Waals surface area contributed by atoms with Crippen LogP contribution in [0.1, 0.15) is 16.8 Å². The first-order chi connectivity index (χ1) is 12.6. The smallest absolute Gasteiger partial charge is 0.244 e. The molecule has 0 radical (unpaired) electrons. The van der Waals surface area contributed by atoms with Crippen LogP contribution in [0.25, 0.3) is 11.7 Å². The zero-order chi connectivity index (χ0) is 18.4. The molecule has 1 amide bonds. The fourth-order valence-electron chi connectivity index (χ4n) is 2.47. The van der Waals surface area contributed by atoms with E-state index in [1.807, 2.05) is 28.8 Å². The average molecular weight is 386 g/mol. The lowest BCUT2D eigenvalue weighted by Crippen LogP contribution is -2.23. The van der Waals surface area contributed by atoms with E-state index in [1.54, 1.807) is 17.8 Å². The standard InChI is InChI=1S/C20H20ClN3OS/c1-15-5-7-16(8-6-15)14-26-13-11-22-19(25)10-9-17-20(21)23-18-4-2-3-12-24(17)18/h2-10,12H,11,13-14H2,1H3,(H,22,25)/b10-9+. The number of carbonyl (C=O) groups is 1. The maximum absolute atomic E-state index is 12.0. The second kappa shape index (κ2) is 8.92. The van der Waals surface area contributed by atoms with Gasteiger partial charge in [0.1, 0.15) is 5.65 Å². The van der Waals surface area contributed by atoms with Crippen LogP contribution >= 0.6 is 23.4 Å². The first kappa shape index (κ1) is 18.5. The molecular weight excluding hydrogens is 366 g/mol. The number of fused-ring (bicyclic) bond motifs is 1. The Balaban J connectivity index is 1.44. The number of hydrogen-bond donors (Lipinski definition) is 1. The molecule has 0 saturated carbocycles. The van der Waals surface area contributed by atoms with E-state index < -0.39 is 0 Å². The van der Waals surface area contributed by atoms with Gasteiger partial charge >= 0.3 is 0 Å². The van der Waals surface area contributed by atoms with Crippen LogP contribution in [0.5, 0.6) is 0 Å². The molecule has 2 heterocycles. The molecule has 2 aromatic heterocycles. The molecule has 1 N–H and O–H groups in total. The van der Waals surface area contributed by atoms with Crippen molar-refractivity contribution in [3.8, 4) is 0 Å². The molecule has 0 bridgehead atoms. The van der Waals surface area contributed by atoms with Crippen molar-refractivity contribution in [2.75, 3.05) is 12.3 Å². The predicted molar refractivity (Wildman–Crippen MR) is 110 cm³/mol. The number of benzene rings is 1. The second-order valence-electron chi connectivity index (χ2n) is 5.88. The Morgan fingerprint density at radius 2 is 2.08 bits per heavy atom. The summed E-state index contributed by atoms with van der Waals surface area (Å²) in [6.45, 7) is 2.71. The van der Waals surface area contributed by atoms with Crippen molar-refractivity contribution in [3.05, 3.63) is 76.7 Å². The quantitative estimate of drug-likeness (QED) is 0.485. The molecule has 0 aliphatic carbocycles. The Bertz CT molecular complexity index is 918. The number of aromatic nitrogens is 2. The molecule has 26 heavy (non-hydrogen) atoms. The molecule has 3 rings (SSSR count). The predicted octanol–water partition coefficient (Wildman–Crippen LogP) is 4.36. The summed E-state index contributed by atoms with van der Waals surface area (Å²) in [5, 5.41) is 3.27. The van der Waals surface area contributed by atoms with Gasteiger partial charge in [0.15, 0.2) is 5.15 Å². The molecule has 0 aliphatic heterocycles. The number of imidazole rings is 1. The Morgan fingerprint density at radius 3 is 2.88 bits per heavy atom. The van der Waals surface area contributed by atoms with Gasteiger partial charge in [0, 0.05) is 30.3 Å². The Hall–Kier alpha value is -2.24. The molecular formula is C20H20ClN3OS. The summed E-state index contributed by atoms with van der Waals surface area (Å²) in [6.07, 6.45) is 5.05. The third-order valence-corrected chi connectivity index (χ3v) is 5.16. The number of aryl methyl sites for hydroxylation is 1. The highest BCUT2D eigenvalue weighted by atomic mass is 35.5. The molecule has 0 fully saturated rings. The Kier molecular flexibility index (Phi) is 6.36. The van der Waals surface area contributed by atoms with Crippen molar-refractivity contribution in [1.82, 2.24) is 14.7 Å². The molecule has 3 aromatic rings. The number of halogens is 1. The van der Waals surface area contributed by atoms with Crippen LogP contribution in [0.2, 0.25) is 5.15 Å². The molecule has 6 heteroatoms. The molecule has 0 spiro atoms. The van der Waals surface area contributed by atoms with E-state index in [0.717, 1.165) is 17.2 Å². The summed E-state index contributed by atoms with van der Waals surface area (Å²) in [4.78, 5) is 16.2. The van der Waals surface area contributed by atoms with E-state index in [4.69, 9.17) is 11.6 Å². The van der Waals surface area contributed by atoms with Gasteiger partial charge in [0.05, 0.1) is 5.69 Å². The largest absolute Gasteiger partial charge is 0.352 e. The van der Waals surface area contributed by atoms with E-state index in [1.165, 1.54) is 17.2 Å². The number of amides is 1. The van der Waals surface area contributed by atoms with E-state index in [9.17, 15) is 4.79 Å². The van der Waals surface area contributed by atoms with Crippen molar-refractivity contribution in [2.24, 2.45) is 0 Å². The van der Waals surface area contributed by atoms with Gasteiger partial charge in [-0.2, -0.15) is 11.8 Å². The van der Waals surface area contributed by atoms with Crippen LogP contribution in [0.4, 0.5) is 0 Å². The minimum absolute atomic E-state index is 0.136. The molecule has 1 aromatic carbocycles. The van der Waals surface area contributed by atoms with Crippen molar-refractivity contribution >= 4 is 41.0 Å². The molecule has 4 nitrogen and oxygen atoms in total. The third-order valence-electron chi connectivity index (χ3n) is 3.85. The van der Waals surface area contributed by atoms with Crippen molar-refractivity contribution in [3.63, 3.8) is 0 Å². The summed E-state index contributed by atoms with van der Waals surface area (Å²) in [7, 11) is 0. The van der Waals surface area contributed by atoms with Gasteiger partial charge in [0.2, 0.25) is 5.91 Å². The molecule has 0 atom stereocenters. The van der Waals surface area contributed by atoms with Gasteiger partial charge in [-0.25, -0.2) is 4.98 Å². The number of hydrogen-bond acceptors (Lipinski definition) is 3. The lowest BCUT2D eigenvalue weighted by atomic mass is 10.2. The zero-order valence-electron chi connectivity index (χ0n) is 14.5. The molecule has 0 saturated heterocycles. The minimum Gasteiger partial charge on any atom is -0.352 e. The summed E-state index contributed by atoms with van der Waals surface area (Å²) < 4.78 is 1.85. The normalized spacial score (nSPS) is 11.3. The van der Waals surface area contributed by atoms with Gasteiger partial charge in [-0.05, 0) is 30.7 Å². The summed E-state index contributed by atoms with van der Waals surface area (Å²) in [5.41, 5.74) is 4.02. The van der Waals surface area contributed by atoms with Crippen molar-refractivity contribution in [1.29, 1.82) is 0 Å². The van der Waals surface area contributed by atoms with E-state index in [-0.39, 0.29) is 5.91 Å². The maximum Gasteiger partial charge on any atom is 0.244 e. The summed E-state index contributed by atoms with van der Waals surface area (Å²) >= 11 is 7.95. The maximum atomic E-state index is 12.0. The SMILES string of the molecule is Cc1ccc(CSCCNC(=O)/C=C/c2c(Cl)nc3ccccn23)cc1. The van der Waals surface area contributed by atoms with Gasteiger partial charge in [-0.1, -0.05) is 47.5 Å². The van der Waals surface area contributed by atoms with Gasteiger partial charge in [0.25, 0.3) is 0 Å². The van der Waals surface area contributed by atoms with Crippen LogP contribution in [0.3, 0.4) is 0 Å². The first-order valence-corrected chi connectivity index (χ1v) is 9.88. The Morgan fingerprint density at radius 1 is 1.27 bits per heavy atom. The van der Waals surface area contributed by atoms with Crippen LogP contribution in [0.15, 0.2) is 54.7 Å². The number of pyridine rings is 1. The van der Waals surface area contributed by atoms with Crippen LogP contribution in [0, 0.1) is 6.92 Å². The number of carbonyl (C=O) groups excluding carboxylic acids is 1. The van der Waals surface area contributed by atoms with Gasteiger partial charge < -0.3 is 5.32 Å². The Labute approximate surface area is 162 Å². The third kappa shape index (κ3) is 4.90. The fourth-order valence-corrected chi connectivity index (χ4v) is 3.53. The van der Waals surface area contributed by atoms with Gasteiger partial charge in [-0.3, -0.25) is 9.20 Å². The van der Waals surface area contributed by atoms with Crippen LogP contribution < -0.4 is 5.32 Å². The van der Waals surface area contributed by atoms with Crippen LogP contribution in [-0.4, -0.2) is 27.6 Å². The summed E-state index contributed by atoms with van der Waals surface area (Å²) in [6, 6.07) is 14.2. The summed E-state index contributed by atoms with van der Waals surface area (Å²) in [5.74, 6) is 1.68. The molecule has 134 valence electrons. The topological polar surface area (TPSA) is 46.4 Å². The number of thioether (sulfide) groups is 1. The number of nitrogens with zero attached hydrogens (tertiary/aromatic N) is 2. The van der Waals surface area contributed by atoms with E-state index >= 15 is 0 Å². The monoisotopic (exact) mass is 385 g/mol. The highest BCUT2D eigenvalue weighted by Crippen LogP contribution is 2.18. The van der Waals surface area contributed by atoms with Gasteiger partial charge in [-0.15, -0.1) is 0 Å². The number of nitrogens with one attached hydrogen (secondary N) is 1. The average Bonchev–Trinajstić information content (AvgIpc) is 2.96. The van der Waals surface area contributed by atoms with Crippen molar-refractivity contribution in [2.45, 2.75) is 12.7 Å². The molecule has 0 aliphatic rings. The van der Waals surface area contributed by atoms with E-state index in [2.05, 4.69) is 41.5 Å². The lowest BCUT2D eigenvalue weighted by Gasteiger charge is -2.04. The van der Waals surface area contributed by atoms with Crippen LogP contribution in [-0.2, 0) is 10.5 Å². The molecule has 0 unspecified atom stereocenters. The van der Waals surface area contributed by atoms with Crippen molar-refractivity contribution < 1.29 is 4.79 Å². The fraction of sp³-hybridized carbons (Fsp3) is 0.200.